The minimum atomic E-state index is -0.787. The molecule has 0 aliphatic carbocycles. The van der Waals surface area contributed by atoms with Gasteiger partial charge in [-0.3, -0.25) is 9.79 Å². The summed E-state index contributed by atoms with van der Waals surface area (Å²) in [6.07, 6.45) is 4.79. The number of likely N-dealkylation sites (tertiary alicyclic amines) is 1. The largest absolute Gasteiger partial charge is 0.453 e. The zero-order valence-electron chi connectivity index (χ0n) is 21.8. The molecule has 0 radical (unpaired) electrons. The van der Waals surface area contributed by atoms with E-state index in [4.69, 9.17) is 5.73 Å². The van der Waals surface area contributed by atoms with E-state index in [1.165, 1.54) is 7.11 Å². The number of alkyl carbamates (subject to hydrolysis) is 1. The smallest absolute Gasteiger partial charge is 0.407 e. The first-order valence-electron chi connectivity index (χ1n) is 12.4. The second kappa shape index (κ2) is 12.0. The third kappa shape index (κ3) is 7.02. The monoisotopic (exact) mass is 495 g/mol. The van der Waals surface area contributed by atoms with Crippen molar-refractivity contribution in [3.05, 3.63) is 17.7 Å². The molecule has 10 heteroatoms. The Morgan fingerprint density at radius 3 is 2.75 bits per heavy atom. The Labute approximate surface area is 213 Å². The topological polar surface area (TPSA) is 138 Å². The molecule has 10 nitrogen and oxygen atoms in total. The van der Waals surface area contributed by atoms with Gasteiger partial charge in [-0.2, -0.15) is 0 Å². The fourth-order valence-electron chi connectivity index (χ4n) is 4.42. The van der Waals surface area contributed by atoms with E-state index in [1.54, 1.807) is 11.1 Å². The summed E-state index contributed by atoms with van der Waals surface area (Å²) < 4.78 is 4.68. The van der Waals surface area contributed by atoms with Crippen molar-refractivity contribution in [1.82, 2.24) is 25.5 Å². The number of hydrogen-bond acceptors (Lipinski definition) is 6. The Kier molecular flexibility index (Phi) is 9.00. The number of nitrogens with two attached hydrogens (primary N) is 1. The van der Waals surface area contributed by atoms with Crippen molar-refractivity contribution in [2.45, 2.75) is 77.0 Å². The van der Waals surface area contributed by atoms with Gasteiger partial charge in [0, 0.05) is 6.54 Å². The number of imidazole rings is 1. The summed E-state index contributed by atoms with van der Waals surface area (Å²) >= 11 is 0. The maximum absolute atomic E-state index is 13.2. The standard InChI is InChI=1S/C26H37N7O3/c1-17(2)21(31-25(35)36-5)24(34)33-15-9-12-20(33)22(27)32-26(3,4)13-7-6-10-18-16-29-23(30-18)19-11-8-14-28-19/h16-17,19-21,28H,8-9,11-12,14-15H2,1-5H3,(H2,27,32)(H,29,30)(H,31,35)/t19-,20-,21-/m0/s1. The van der Waals surface area contributed by atoms with Gasteiger partial charge in [0.25, 0.3) is 0 Å². The van der Waals surface area contributed by atoms with Crippen molar-refractivity contribution < 1.29 is 14.3 Å². The average molecular weight is 496 g/mol. The number of rotatable bonds is 6. The molecule has 36 heavy (non-hydrogen) atoms. The Morgan fingerprint density at radius 2 is 2.08 bits per heavy atom. The number of H-pyrrole nitrogens is 1. The summed E-state index contributed by atoms with van der Waals surface area (Å²) in [6, 6.07) is -0.795. The summed E-state index contributed by atoms with van der Waals surface area (Å²) in [5.41, 5.74) is 6.31. The van der Waals surface area contributed by atoms with Crippen LogP contribution in [-0.4, -0.2) is 70.5 Å². The lowest BCUT2D eigenvalue weighted by molar-refractivity contribution is -0.134. The minimum absolute atomic E-state index is 0.114. The Hall–Kier alpha value is -3.50. The van der Waals surface area contributed by atoms with E-state index < -0.39 is 17.7 Å². The molecule has 5 N–H and O–H groups in total. The second-order valence-corrected chi connectivity index (χ2v) is 9.97. The summed E-state index contributed by atoms with van der Waals surface area (Å²) in [5, 5.41) is 6.04. The SMILES string of the molecule is COC(=O)N[C@H](C(=O)N1CCC[C@H]1C(N)=NC(C)(C)C#CC#Cc1cnc([C@@H]2CCCN2)[nH]1)C(C)C. The number of amidine groups is 1. The number of nitrogens with zero attached hydrogens (tertiary/aromatic N) is 3. The van der Waals surface area contributed by atoms with Crippen molar-refractivity contribution >= 4 is 17.8 Å². The van der Waals surface area contributed by atoms with E-state index >= 15 is 0 Å². The van der Waals surface area contributed by atoms with Gasteiger partial charge >= 0.3 is 6.09 Å². The predicted molar refractivity (Wildman–Crippen MR) is 138 cm³/mol. The number of amides is 2. The molecule has 0 unspecified atom stereocenters. The lowest BCUT2D eigenvalue weighted by Crippen LogP contribution is -2.54. The molecule has 3 rings (SSSR count). The van der Waals surface area contributed by atoms with Crippen LogP contribution in [0.4, 0.5) is 4.79 Å². The van der Waals surface area contributed by atoms with Crippen molar-refractivity contribution in [2.75, 3.05) is 20.2 Å². The molecule has 2 saturated heterocycles. The van der Waals surface area contributed by atoms with Gasteiger partial charge in [-0.25, -0.2) is 9.78 Å². The van der Waals surface area contributed by atoms with Crippen LogP contribution >= 0.6 is 0 Å². The molecule has 3 heterocycles. The molecule has 1 aromatic heterocycles. The Bertz CT molecular complexity index is 1090. The van der Waals surface area contributed by atoms with Gasteiger partial charge < -0.3 is 31.0 Å². The molecular formula is C26H37N7O3. The van der Waals surface area contributed by atoms with Crippen molar-refractivity contribution in [3.63, 3.8) is 0 Å². The van der Waals surface area contributed by atoms with Crippen LogP contribution in [0.15, 0.2) is 11.2 Å². The highest BCUT2D eigenvalue weighted by Crippen LogP contribution is 2.22. The first kappa shape index (κ1) is 27.1. The summed E-state index contributed by atoms with van der Waals surface area (Å²) in [7, 11) is 1.27. The molecule has 1 aromatic rings. The van der Waals surface area contributed by atoms with Crippen LogP contribution < -0.4 is 16.4 Å². The number of methoxy groups -OCH3 is 1. The molecule has 194 valence electrons. The molecular weight excluding hydrogens is 458 g/mol. The second-order valence-electron chi connectivity index (χ2n) is 9.97. The maximum atomic E-state index is 13.2. The van der Waals surface area contributed by atoms with Crippen molar-refractivity contribution in [2.24, 2.45) is 16.6 Å². The van der Waals surface area contributed by atoms with E-state index in [0.717, 1.165) is 31.6 Å². The summed E-state index contributed by atoms with van der Waals surface area (Å²) in [4.78, 5) is 38.9. The van der Waals surface area contributed by atoms with E-state index in [0.29, 0.717) is 24.5 Å². The predicted octanol–water partition coefficient (Wildman–Crippen LogP) is 1.70. The first-order valence-corrected chi connectivity index (χ1v) is 12.4. The number of hydrogen-bond donors (Lipinski definition) is 4. The molecule has 0 saturated carbocycles. The number of aromatic amines is 1. The van der Waals surface area contributed by atoms with Gasteiger partial charge in [0.1, 0.15) is 28.9 Å². The number of aliphatic imine (C=N–C) groups is 1. The van der Waals surface area contributed by atoms with Gasteiger partial charge in [-0.15, -0.1) is 0 Å². The quantitative estimate of drug-likeness (QED) is 0.269. The molecule has 2 fully saturated rings. The van der Waals surface area contributed by atoms with Crippen LogP contribution in [0.3, 0.4) is 0 Å². The van der Waals surface area contributed by atoms with Crippen LogP contribution in [0.5, 0.6) is 0 Å². The van der Waals surface area contributed by atoms with Crippen molar-refractivity contribution in [1.29, 1.82) is 0 Å². The zero-order valence-corrected chi connectivity index (χ0v) is 21.8. The highest BCUT2D eigenvalue weighted by molar-refractivity contribution is 5.94. The van der Waals surface area contributed by atoms with Crippen LogP contribution in [0.25, 0.3) is 0 Å². The van der Waals surface area contributed by atoms with Gasteiger partial charge in [-0.1, -0.05) is 19.8 Å². The lowest BCUT2D eigenvalue weighted by atomic mass is 10.0. The molecule has 0 spiro atoms. The first-order chi connectivity index (χ1) is 17.1. The lowest BCUT2D eigenvalue weighted by Gasteiger charge is -2.31. The van der Waals surface area contributed by atoms with Crippen LogP contribution in [0, 0.1) is 29.6 Å². The van der Waals surface area contributed by atoms with Gasteiger partial charge in [-0.05, 0) is 69.8 Å². The van der Waals surface area contributed by atoms with E-state index in [-0.39, 0.29) is 23.9 Å². The molecule has 2 aliphatic rings. The van der Waals surface area contributed by atoms with Crippen LogP contribution in [-0.2, 0) is 9.53 Å². The van der Waals surface area contributed by atoms with Gasteiger partial charge in [0.05, 0.1) is 25.4 Å². The Balaban J connectivity index is 1.67. The van der Waals surface area contributed by atoms with Crippen molar-refractivity contribution in [3.8, 4) is 23.7 Å². The maximum Gasteiger partial charge on any atom is 0.407 e. The normalized spacial score (nSPS) is 20.8. The van der Waals surface area contributed by atoms with E-state index in [9.17, 15) is 9.59 Å². The number of aromatic nitrogens is 2. The number of nitrogens with one attached hydrogen (secondary N) is 3. The van der Waals surface area contributed by atoms with Crippen LogP contribution in [0.2, 0.25) is 0 Å². The summed E-state index contributed by atoms with van der Waals surface area (Å²) in [6.45, 7) is 9.00. The minimum Gasteiger partial charge on any atom is -0.453 e. The van der Waals surface area contributed by atoms with Crippen LogP contribution in [0.1, 0.15) is 70.9 Å². The summed E-state index contributed by atoms with van der Waals surface area (Å²) in [5.74, 6) is 12.7. The molecule has 0 bridgehead atoms. The van der Waals surface area contributed by atoms with Gasteiger partial charge in [0.15, 0.2) is 0 Å². The third-order valence-electron chi connectivity index (χ3n) is 6.29. The molecule has 2 amide bonds. The highest BCUT2D eigenvalue weighted by Gasteiger charge is 2.37. The number of carbonyl (C=O) groups is 2. The Morgan fingerprint density at radius 1 is 1.31 bits per heavy atom. The highest BCUT2D eigenvalue weighted by atomic mass is 16.5. The fourth-order valence-corrected chi connectivity index (χ4v) is 4.42. The molecule has 3 atom stereocenters. The average Bonchev–Trinajstić information content (AvgIpc) is 3.60. The third-order valence-corrected chi connectivity index (χ3v) is 6.29. The zero-order chi connectivity index (χ0) is 26.3. The fraction of sp³-hybridized carbons (Fsp3) is 0.615. The molecule has 2 aliphatic heterocycles. The molecule has 0 aromatic carbocycles. The number of carbonyl (C=O) groups excluding carboxylic acids is 2. The van der Waals surface area contributed by atoms with Gasteiger partial charge in [0.2, 0.25) is 5.91 Å². The van der Waals surface area contributed by atoms with E-state index in [1.807, 2.05) is 27.7 Å². The van der Waals surface area contributed by atoms with E-state index in [2.05, 4.69) is 54.0 Å². The number of ether oxygens (including phenoxy) is 1.